The van der Waals surface area contributed by atoms with Crippen LogP contribution in [0.1, 0.15) is 54.4 Å². The molecule has 0 aliphatic rings. The molecular weight excluding hydrogens is 178 g/mol. The van der Waals surface area contributed by atoms with Crippen LogP contribution in [-0.2, 0) is 5.11 Å². The third kappa shape index (κ3) is 2.63. The minimum Gasteiger partial charge on any atom is -0.295 e. The predicted octanol–water partition coefficient (Wildman–Crippen LogP) is 3.22. The molecule has 1 amide bonds. The van der Waals surface area contributed by atoms with Crippen molar-refractivity contribution in [1.29, 1.82) is 0 Å². The van der Waals surface area contributed by atoms with Gasteiger partial charge in [0.05, 0.1) is 0 Å². The summed E-state index contributed by atoms with van der Waals surface area (Å²) in [4.78, 5) is 12.6. The molecule has 0 aromatic rings. The molecule has 0 aliphatic heterocycles. The summed E-state index contributed by atoms with van der Waals surface area (Å²) in [6, 6.07) is 0. The first-order valence-corrected chi connectivity index (χ1v) is 5.20. The van der Waals surface area contributed by atoms with E-state index in [4.69, 9.17) is 0 Å². The molecule has 0 atom stereocenters. The van der Waals surface area contributed by atoms with Crippen molar-refractivity contribution in [2.45, 2.75) is 65.5 Å². The van der Waals surface area contributed by atoms with Crippen LogP contribution in [0.4, 0.5) is 4.79 Å². The Balaban J connectivity index is 5.06. The predicted molar refractivity (Wildman–Crippen MR) is 56.7 cm³/mol. The number of hydrogen-bond acceptors (Lipinski definition) is 1. The summed E-state index contributed by atoms with van der Waals surface area (Å²) in [5.74, 6) is 0. The van der Waals surface area contributed by atoms with Crippen molar-refractivity contribution in [3.8, 4) is 0 Å². The molecule has 0 bridgehead atoms. The zero-order valence-electron chi connectivity index (χ0n) is 10.2. The summed E-state index contributed by atoms with van der Waals surface area (Å²) in [7, 11) is 0. The SMILES string of the molecule is CCC(C)(C)N(C([O])=O)C(C)(C)CC. The van der Waals surface area contributed by atoms with Gasteiger partial charge in [-0.05, 0) is 40.5 Å². The van der Waals surface area contributed by atoms with Gasteiger partial charge in [0.1, 0.15) is 0 Å². The molecule has 83 valence electrons. The Labute approximate surface area is 87.1 Å². The van der Waals surface area contributed by atoms with Gasteiger partial charge < -0.3 is 0 Å². The van der Waals surface area contributed by atoms with Gasteiger partial charge in [0.25, 0.3) is 0 Å². The van der Waals surface area contributed by atoms with Crippen LogP contribution in [0.3, 0.4) is 0 Å². The maximum absolute atomic E-state index is 11.1. The van der Waals surface area contributed by atoms with Gasteiger partial charge in [0.2, 0.25) is 0 Å². The Morgan fingerprint density at radius 3 is 1.43 bits per heavy atom. The van der Waals surface area contributed by atoms with Gasteiger partial charge in [-0.3, -0.25) is 4.90 Å². The third-order valence-corrected chi connectivity index (χ3v) is 3.12. The number of nitrogens with zero attached hydrogens (tertiary/aromatic N) is 1. The van der Waals surface area contributed by atoms with Gasteiger partial charge in [-0.15, -0.1) is 0 Å². The molecule has 0 aromatic carbocycles. The summed E-state index contributed by atoms with van der Waals surface area (Å²) < 4.78 is 0. The number of amides is 1. The van der Waals surface area contributed by atoms with E-state index < -0.39 is 6.09 Å². The summed E-state index contributed by atoms with van der Waals surface area (Å²) in [6.45, 7) is 11.7. The first-order chi connectivity index (χ1) is 6.19. The van der Waals surface area contributed by atoms with Gasteiger partial charge in [-0.1, -0.05) is 13.8 Å². The van der Waals surface area contributed by atoms with Gasteiger partial charge in [0.15, 0.2) is 0 Å². The van der Waals surface area contributed by atoms with Gasteiger partial charge in [0, 0.05) is 11.1 Å². The molecule has 0 fully saturated rings. The lowest BCUT2D eigenvalue weighted by Gasteiger charge is -2.45. The van der Waals surface area contributed by atoms with Crippen molar-refractivity contribution in [3.63, 3.8) is 0 Å². The number of carbonyl (C=O) groups excluding carboxylic acids is 1. The summed E-state index contributed by atoms with van der Waals surface area (Å²) >= 11 is 0. The highest BCUT2D eigenvalue weighted by molar-refractivity contribution is 5.66. The number of rotatable bonds is 4. The topological polar surface area (TPSA) is 40.2 Å². The monoisotopic (exact) mass is 200 g/mol. The fraction of sp³-hybridized carbons (Fsp3) is 0.909. The fourth-order valence-corrected chi connectivity index (χ4v) is 1.63. The molecule has 0 spiro atoms. The van der Waals surface area contributed by atoms with Crippen LogP contribution in [0.15, 0.2) is 0 Å². The number of hydrogen-bond donors (Lipinski definition) is 0. The Kier molecular flexibility index (Phi) is 3.98. The Morgan fingerprint density at radius 1 is 1.00 bits per heavy atom. The molecule has 1 radical (unpaired) electrons. The van der Waals surface area contributed by atoms with Gasteiger partial charge in [-0.25, -0.2) is 9.90 Å². The highest BCUT2D eigenvalue weighted by Gasteiger charge is 2.40. The minimum absolute atomic E-state index is 0.363. The van der Waals surface area contributed by atoms with E-state index in [1.165, 1.54) is 4.90 Å². The normalized spacial score (nSPS) is 12.7. The molecule has 3 nitrogen and oxygen atoms in total. The van der Waals surface area contributed by atoms with E-state index >= 15 is 0 Å². The summed E-state index contributed by atoms with van der Waals surface area (Å²) in [5, 5.41) is 11.1. The first kappa shape index (κ1) is 13.3. The van der Waals surface area contributed by atoms with Crippen LogP contribution in [0.25, 0.3) is 0 Å². The second kappa shape index (κ2) is 4.20. The molecule has 0 rings (SSSR count). The van der Waals surface area contributed by atoms with Crippen LogP contribution in [0.2, 0.25) is 0 Å². The lowest BCUT2D eigenvalue weighted by atomic mass is 9.90. The molecule has 0 aromatic heterocycles. The zero-order chi connectivity index (χ0) is 11.6. The van der Waals surface area contributed by atoms with E-state index in [0.717, 1.165) is 12.8 Å². The van der Waals surface area contributed by atoms with Crippen LogP contribution < -0.4 is 0 Å². The molecular formula is C11H22NO2. The van der Waals surface area contributed by atoms with Crippen molar-refractivity contribution < 1.29 is 9.90 Å². The molecule has 0 unspecified atom stereocenters. The van der Waals surface area contributed by atoms with Crippen LogP contribution in [-0.4, -0.2) is 22.1 Å². The van der Waals surface area contributed by atoms with Crippen LogP contribution >= 0.6 is 0 Å². The van der Waals surface area contributed by atoms with Crippen LogP contribution in [0, 0.1) is 0 Å². The summed E-state index contributed by atoms with van der Waals surface area (Å²) in [6.07, 6.45) is 0.484. The van der Waals surface area contributed by atoms with Crippen molar-refractivity contribution in [2.24, 2.45) is 0 Å². The highest BCUT2D eigenvalue weighted by Crippen LogP contribution is 2.30. The van der Waals surface area contributed by atoms with E-state index in [1.54, 1.807) is 0 Å². The van der Waals surface area contributed by atoms with Crippen molar-refractivity contribution in [3.05, 3.63) is 0 Å². The lowest BCUT2D eigenvalue weighted by Crippen LogP contribution is -2.57. The first-order valence-electron chi connectivity index (χ1n) is 5.20. The second-order valence-corrected chi connectivity index (χ2v) is 4.93. The van der Waals surface area contributed by atoms with Crippen LogP contribution in [0.5, 0.6) is 0 Å². The zero-order valence-corrected chi connectivity index (χ0v) is 10.2. The molecule has 0 N–H and O–H groups in total. The standard InChI is InChI=1S/C11H22NO2/c1-7-10(3,4)12(9(13)14)11(5,6)8-2/h7-8H2,1-6H3. The fourth-order valence-electron chi connectivity index (χ4n) is 1.63. The Hall–Kier alpha value is -0.730. The van der Waals surface area contributed by atoms with Crippen molar-refractivity contribution in [2.75, 3.05) is 0 Å². The van der Waals surface area contributed by atoms with Gasteiger partial charge in [-0.2, -0.15) is 0 Å². The quantitative estimate of drug-likeness (QED) is 0.686. The Morgan fingerprint density at radius 2 is 1.29 bits per heavy atom. The molecule has 0 heterocycles. The average Bonchev–Trinajstić information content (AvgIpc) is 2.02. The largest absolute Gasteiger partial charge is 0.454 e. The van der Waals surface area contributed by atoms with Gasteiger partial charge >= 0.3 is 6.09 Å². The van der Waals surface area contributed by atoms with Crippen molar-refractivity contribution in [1.82, 2.24) is 4.90 Å². The minimum atomic E-state index is -1.08. The molecule has 0 aliphatic carbocycles. The highest BCUT2D eigenvalue weighted by atomic mass is 16.4. The van der Waals surface area contributed by atoms with E-state index in [1.807, 2.05) is 41.5 Å². The third-order valence-electron chi connectivity index (χ3n) is 3.12. The lowest BCUT2D eigenvalue weighted by molar-refractivity contribution is 0.00863. The van der Waals surface area contributed by atoms with E-state index in [9.17, 15) is 9.90 Å². The van der Waals surface area contributed by atoms with Crippen molar-refractivity contribution >= 4 is 6.09 Å². The average molecular weight is 200 g/mol. The van der Waals surface area contributed by atoms with E-state index in [-0.39, 0.29) is 11.1 Å². The maximum Gasteiger partial charge on any atom is 0.454 e. The number of carbonyl (C=O) groups is 1. The second-order valence-electron chi connectivity index (χ2n) is 4.93. The van der Waals surface area contributed by atoms with E-state index in [0.29, 0.717) is 0 Å². The smallest absolute Gasteiger partial charge is 0.295 e. The molecule has 3 heteroatoms. The molecule has 14 heavy (non-hydrogen) atoms. The van der Waals surface area contributed by atoms with E-state index in [2.05, 4.69) is 0 Å². The molecule has 0 saturated carbocycles. The Bertz CT molecular complexity index is 193. The maximum atomic E-state index is 11.1. The molecule has 0 saturated heterocycles. The summed E-state index contributed by atoms with van der Waals surface area (Å²) in [5.41, 5.74) is -0.726.